The number of methoxy groups -OCH3 is 1. The molecule has 0 radical (unpaired) electrons. The second kappa shape index (κ2) is 7.18. The Hall–Kier alpha value is -3.13. The van der Waals surface area contributed by atoms with Crippen LogP contribution in [0.25, 0.3) is 0 Å². The maximum atomic E-state index is 12.6. The molecule has 1 unspecified atom stereocenters. The zero-order chi connectivity index (χ0) is 17.7. The minimum absolute atomic E-state index is 0.253. The van der Waals surface area contributed by atoms with Crippen molar-refractivity contribution in [3.8, 4) is 0 Å². The van der Waals surface area contributed by atoms with Gasteiger partial charge in [0.1, 0.15) is 0 Å². The summed E-state index contributed by atoms with van der Waals surface area (Å²) in [6.07, 6.45) is 9.82. The molecular weight excluding hydrogens is 320 g/mol. The third kappa shape index (κ3) is 3.69. The van der Waals surface area contributed by atoms with E-state index in [2.05, 4.69) is 20.2 Å². The van der Waals surface area contributed by atoms with Crippen LogP contribution in [0.5, 0.6) is 0 Å². The van der Waals surface area contributed by atoms with Crippen LogP contribution in [0.2, 0.25) is 0 Å². The number of urea groups is 1. The van der Waals surface area contributed by atoms with Crippen molar-refractivity contribution in [3.05, 3.63) is 60.2 Å². The molecule has 0 spiro atoms. The third-order valence-electron chi connectivity index (χ3n) is 3.77. The van der Waals surface area contributed by atoms with Crippen LogP contribution in [0.1, 0.15) is 18.1 Å². The summed E-state index contributed by atoms with van der Waals surface area (Å²) >= 11 is 0. The molecule has 1 atom stereocenters. The van der Waals surface area contributed by atoms with Crippen molar-refractivity contribution in [3.63, 3.8) is 0 Å². The first-order chi connectivity index (χ1) is 12.1. The van der Waals surface area contributed by atoms with Crippen LogP contribution in [0.4, 0.5) is 4.79 Å². The molecule has 0 aliphatic carbocycles. The molecule has 8 nitrogen and oxygen atoms in total. The van der Waals surface area contributed by atoms with Gasteiger partial charge in [-0.25, -0.2) is 9.80 Å². The van der Waals surface area contributed by atoms with Crippen molar-refractivity contribution in [1.82, 2.24) is 20.0 Å². The second-order valence-electron chi connectivity index (χ2n) is 5.59. The molecule has 1 aliphatic heterocycles. The number of nitrogens with zero attached hydrogens (tertiary/aromatic N) is 6. The second-order valence-corrected chi connectivity index (χ2v) is 5.59. The molecule has 25 heavy (non-hydrogen) atoms. The summed E-state index contributed by atoms with van der Waals surface area (Å²) in [7, 11) is 1.54. The summed E-state index contributed by atoms with van der Waals surface area (Å²) in [5.74, 6) is 0. The minimum atomic E-state index is -0.915. The lowest BCUT2D eigenvalue weighted by atomic mass is 10.3. The highest BCUT2D eigenvalue weighted by molar-refractivity contribution is 5.84. The Labute approximate surface area is 145 Å². The highest BCUT2D eigenvalue weighted by atomic mass is 16.5. The van der Waals surface area contributed by atoms with Gasteiger partial charge >= 0.3 is 6.03 Å². The molecule has 3 rings (SSSR count). The Morgan fingerprint density at radius 2 is 1.72 bits per heavy atom. The number of carbonyl (C=O) groups is 1. The lowest BCUT2D eigenvalue weighted by Gasteiger charge is -2.27. The van der Waals surface area contributed by atoms with Crippen molar-refractivity contribution < 1.29 is 9.53 Å². The fraction of sp³-hybridized carbons (Fsp3) is 0.235. The van der Waals surface area contributed by atoms with Crippen molar-refractivity contribution in [2.75, 3.05) is 13.7 Å². The first-order valence-electron chi connectivity index (χ1n) is 7.67. The Morgan fingerprint density at radius 1 is 1.12 bits per heavy atom. The van der Waals surface area contributed by atoms with E-state index in [9.17, 15) is 4.79 Å². The Balaban J connectivity index is 1.79. The molecule has 0 N–H and O–H groups in total. The molecule has 128 valence electrons. The van der Waals surface area contributed by atoms with Crippen LogP contribution < -0.4 is 0 Å². The van der Waals surface area contributed by atoms with Crippen molar-refractivity contribution in [1.29, 1.82) is 0 Å². The van der Waals surface area contributed by atoms with Crippen LogP contribution >= 0.6 is 0 Å². The topological polar surface area (TPSA) is 83.3 Å². The molecule has 0 aromatic carbocycles. The molecule has 3 heterocycles. The van der Waals surface area contributed by atoms with Crippen LogP contribution in [-0.4, -0.2) is 57.8 Å². The van der Waals surface area contributed by atoms with E-state index in [0.717, 1.165) is 11.1 Å². The van der Waals surface area contributed by atoms with Gasteiger partial charge in [0.2, 0.25) is 0 Å². The van der Waals surface area contributed by atoms with Gasteiger partial charge in [0.05, 0.1) is 19.0 Å². The van der Waals surface area contributed by atoms with E-state index in [1.807, 2.05) is 12.1 Å². The van der Waals surface area contributed by atoms with E-state index in [-0.39, 0.29) is 12.6 Å². The van der Waals surface area contributed by atoms with E-state index in [1.54, 1.807) is 56.3 Å². The van der Waals surface area contributed by atoms with Gasteiger partial charge < -0.3 is 4.74 Å². The smallest absolute Gasteiger partial charge is 0.355 e. The molecule has 1 aliphatic rings. The number of rotatable bonds is 5. The van der Waals surface area contributed by atoms with Crippen LogP contribution in [0, 0.1) is 0 Å². The van der Waals surface area contributed by atoms with Gasteiger partial charge in [-0.15, -0.1) is 0 Å². The predicted molar refractivity (Wildman–Crippen MR) is 93.0 cm³/mol. The summed E-state index contributed by atoms with van der Waals surface area (Å²) in [4.78, 5) is 20.7. The summed E-state index contributed by atoms with van der Waals surface area (Å²) < 4.78 is 5.50. The third-order valence-corrected chi connectivity index (χ3v) is 3.77. The van der Waals surface area contributed by atoms with Crippen molar-refractivity contribution >= 4 is 18.5 Å². The summed E-state index contributed by atoms with van der Waals surface area (Å²) in [5, 5.41) is 11.1. The monoisotopic (exact) mass is 338 g/mol. The van der Waals surface area contributed by atoms with Crippen molar-refractivity contribution in [2.24, 2.45) is 10.2 Å². The molecule has 2 amide bonds. The molecule has 2 aromatic heterocycles. The fourth-order valence-corrected chi connectivity index (χ4v) is 2.30. The quantitative estimate of drug-likeness (QED) is 0.780. The van der Waals surface area contributed by atoms with E-state index < -0.39 is 5.72 Å². The van der Waals surface area contributed by atoms with Crippen LogP contribution in [0.15, 0.2) is 59.3 Å². The van der Waals surface area contributed by atoms with E-state index in [4.69, 9.17) is 4.74 Å². The van der Waals surface area contributed by atoms with Gasteiger partial charge in [0, 0.05) is 43.0 Å². The van der Waals surface area contributed by atoms with E-state index in [1.165, 1.54) is 17.1 Å². The number of ether oxygens (including phenoxy) is 1. The first-order valence-corrected chi connectivity index (χ1v) is 7.67. The van der Waals surface area contributed by atoms with Crippen LogP contribution in [-0.2, 0) is 4.74 Å². The maximum Gasteiger partial charge on any atom is 0.363 e. The van der Waals surface area contributed by atoms with Crippen molar-refractivity contribution in [2.45, 2.75) is 12.6 Å². The number of aromatic nitrogens is 2. The highest BCUT2D eigenvalue weighted by Crippen LogP contribution is 2.27. The number of amides is 2. The number of carbonyl (C=O) groups excluding carboxylic acids is 1. The van der Waals surface area contributed by atoms with E-state index >= 15 is 0 Å². The molecule has 2 aromatic rings. The Bertz CT molecular complexity index is 780. The van der Waals surface area contributed by atoms with Crippen LogP contribution in [0.3, 0.4) is 0 Å². The molecule has 8 heteroatoms. The summed E-state index contributed by atoms with van der Waals surface area (Å²) in [6.45, 7) is 2.04. The minimum Gasteiger partial charge on any atom is -0.355 e. The normalized spacial score (nSPS) is 21.0. The molecule has 0 bridgehead atoms. The lowest BCUT2D eigenvalue weighted by molar-refractivity contribution is -0.0751. The average molecular weight is 338 g/mol. The summed E-state index contributed by atoms with van der Waals surface area (Å²) in [5.41, 5.74) is 0.667. The maximum absolute atomic E-state index is 12.6. The highest BCUT2D eigenvalue weighted by Gasteiger charge is 2.47. The van der Waals surface area contributed by atoms with Gasteiger partial charge in [0.25, 0.3) is 0 Å². The zero-order valence-electron chi connectivity index (χ0n) is 14.0. The van der Waals surface area contributed by atoms with E-state index in [0.29, 0.717) is 0 Å². The number of hydrogen-bond donors (Lipinski definition) is 0. The summed E-state index contributed by atoms with van der Waals surface area (Å²) in [6, 6.07) is 6.93. The molecule has 1 saturated heterocycles. The SMILES string of the molecule is COC1(C)CN(/N=C/c2cccnc2)C(=O)N1/N=C/c1cccnc1. The standard InChI is InChI=1S/C17H18N6O2/c1-17(25-2)13-22(20-11-14-5-3-7-18-9-14)16(24)23(17)21-12-15-6-4-8-19-10-15/h3-12H,13H2,1-2H3/b20-11+,21-12+. The first kappa shape index (κ1) is 16.7. The number of pyridine rings is 2. The van der Waals surface area contributed by atoms with Gasteiger partial charge in [-0.1, -0.05) is 12.1 Å². The van der Waals surface area contributed by atoms with Gasteiger partial charge in [-0.2, -0.15) is 15.2 Å². The van der Waals surface area contributed by atoms with Gasteiger partial charge in [-0.3, -0.25) is 9.97 Å². The molecule has 1 fully saturated rings. The Kier molecular flexibility index (Phi) is 4.80. The number of hydrazone groups is 2. The number of hydrogen-bond acceptors (Lipinski definition) is 6. The lowest BCUT2D eigenvalue weighted by Crippen LogP contribution is -2.42. The Morgan fingerprint density at radius 3 is 2.24 bits per heavy atom. The predicted octanol–water partition coefficient (Wildman–Crippen LogP) is 1.94. The molecule has 0 saturated carbocycles. The largest absolute Gasteiger partial charge is 0.363 e. The average Bonchev–Trinajstić information content (AvgIpc) is 2.90. The van der Waals surface area contributed by atoms with Gasteiger partial charge in [0.15, 0.2) is 5.72 Å². The zero-order valence-corrected chi connectivity index (χ0v) is 14.0. The molecular formula is C17H18N6O2. The fourth-order valence-electron chi connectivity index (χ4n) is 2.30. The van der Waals surface area contributed by atoms with Gasteiger partial charge in [-0.05, 0) is 19.1 Å².